The number of hydrogen-bond donors (Lipinski definition) is 1. The molecule has 3 aromatic rings. The molecule has 190 valence electrons. The number of carbonyl (C=O) groups is 1. The van der Waals surface area contributed by atoms with E-state index >= 15 is 0 Å². The second-order valence-corrected chi connectivity index (χ2v) is 9.99. The van der Waals surface area contributed by atoms with Gasteiger partial charge in [-0.05, 0) is 62.2 Å². The summed E-state index contributed by atoms with van der Waals surface area (Å²) in [6.07, 6.45) is 2.97. The van der Waals surface area contributed by atoms with Crippen molar-refractivity contribution in [3.8, 4) is 11.5 Å². The first kappa shape index (κ1) is 24.4. The number of unbranched alkanes of at least 4 members (excludes halogenated alkanes) is 2. The molecule has 0 saturated carbocycles. The summed E-state index contributed by atoms with van der Waals surface area (Å²) in [6, 6.07) is 10.00. The maximum atomic E-state index is 13.0. The average Bonchev–Trinajstić information content (AvgIpc) is 3.33. The summed E-state index contributed by atoms with van der Waals surface area (Å²) in [5, 5.41) is 0.531. The van der Waals surface area contributed by atoms with Crippen molar-refractivity contribution >= 4 is 34.7 Å². The average molecular weight is 509 g/mol. The fourth-order valence-corrected chi connectivity index (χ4v) is 5.27. The predicted octanol–water partition coefficient (Wildman–Crippen LogP) is 4.31. The van der Waals surface area contributed by atoms with Crippen molar-refractivity contribution in [1.29, 1.82) is 0 Å². The number of anilines is 1. The van der Waals surface area contributed by atoms with Crippen molar-refractivity contribution in [2.45, 2.75) is 46.1 Å². The molecule has 2 aliphatic rings. The highest BCUT2D eigenvalue weighted by Crippen LogP contribution is 2.34. The molecule has 1 aromatic heterocycles. The van der Waals surface area contributed by atoms with E-state index in [1.54, 1.807) is 16.7 Å². The number of rotatable bonds is 7. The normalized spacial score (nSPS) is 15.1. The number of H-pyrrole nitrogens is 1. The summed E-state index contributed by atoms with van der Waals surface area (Å²) in [6.45, 7) is 8.16. The number of nitrogens with one attached hydrogen (secondary N) is 1. The van der Waals surface area contributed by atoms with E-state index in [2.05, 4.69) is 41.9 Å². The Kier molecular flexibility index (Phi) is 7.00. The van der Waals surface area contributed by atoms with Crippen LogP contribution in [0, 0.1) is 18.6 Å². The Hall–Kier alpha value is -3.33. The zero-order valence-electron chi connectivity index (χ0n) is 20.8. The number of carbonyl (C=O) groups excluding carboxylic acids is 1. The molecule has 0 aliphatic carbocycles. The van der Waals surface area contributed by atoms with Crippen LogP contribution in [-0.4, -0.2) is 53.3 Å². The van der Waals surface area contributed by atoms with E-state index in [1.165, 1.54) is 16.8 Å². The number of amides is 1. The third kappa shape index (κ3) is 4.97. The third-order valence-corrected chi connectivity index (χ3v) is 7.41. The molecule has 0 bridgehead atoms. The number of piperazine rings is 1. The van der Waals surface area contributed by atoms with Crippen LogP contribution in [0.25, 0.3) is 10.9 Å². The molecule has 1 saturated heterocycles. The smallest absolute Gasteiger partial charge is 0.262 e. The predicted molar refractivity (Wildman–Crippen MR) is 143 cm³/mol. The van der Waals surface area contributed by atoms with E-state index in [4.69, 9.17) is 21.7 Å². The Morgan fingerprint density at radius 2 is 1.75 bits per heavy atom. The van der Waals surface area contributed by atoms with E-state index < -0.39 is 0 Å². The van der Waals surface area contributed by atoms with Gasteiger partial charge in [0.15, 0.2) is 16.3 Å². The molecule has 0 radical (unpaired) electrons. The minimum absolute atomic E-state index is 0.134. The summed E-state index contributed by atoms with van der Waals surface area (Å²) in [7, 11) is 0. The fraction of sp³-hybridized carbons (Fsp3) is 0.444. The molecular formula is C27H32N4O4S. The standard InChI is InChI=1S/C27H32N4O4S/c1-18-7-8-19(2)22(14-18)29-10-12-30(13-11-29)25(32)6-4-3-5-9-31-26(33)20-15-23-24(35-17-34-23)16-21(20)28-27(31)36/h7-8,14-16H,3-6,9-13,17H2,1-2H3,(H,28,36). The van der Waals surface area contributed by atoms with Crippen molar-refractivity contribution in [2.24, 2.45) is 0 Å². The zero-order valence-corrected chi connectivity index (χ0v) is 21.7. The number of ether oxygens (including phenoxy) is 2. The van der Waals surface area contributed by atoms with Crippen LogP contribution in [-0.2, 0) is 11.3 Å². The number of aromatic amines is 1. The third-order valence-electron chi connectivity index (χ3n) is 7.09. The van der Waals surface area contributed by atoms with Gasteiger partial charge in [0.25, 0.3) is 5.56 Å². The van der Waals surface area contributed by atoms with Crippen LogP contribution in [0.4, 0.5) is 5.69 Å². The number of benzene rings is 2. The first-order chi connectivity index (χ1) is 17.4. The SMILES string of the molecule is Cc1ccc(C)c(N2CCN(C(=O)CCCCCn3c(=S)[nH]c4cc5c(cc4c3=O)OCO5)CC2)c1. The molecule has 8 nitrogen and oxygen atoms in total. The molecule has 1 fully saturated rings. The lowest BCUT2D eigenvalue weighted by molar-refractivity contribution is -0.131. The van der Waals surface area contributed by atoms with Gasteiger partial charge in [-0.1, -0.05) is 18.6 Å². The molecule has 0 spiro atoms. The monoisotopic (exact) mass is 508 g/mol. The molecule has 5 rings (SSSR count). The fourth-order valence-electron chi connectivity index (χ4n) is 4.98. The van der Waals surface area contributed by atoms with Crippen molar-refractivity contribution in [1.82, 2.24) is 14.5 Å². The van der Waals surface area contributed by atoms with E-state index in [0.717, 1.165) is 45.4 Å². The van der Waals surface area contributed by atoms with Crippen LogP contribution in [0.1, 0.15) is 36.8 Å². The highest BCUT2D eigenvalue weighted by atomic mass is 32.1. The number of hydrogen-bond acceptors (Lipinski definition) is 6. The molecule has 2 aliphatic heterocycles. The topological polar surface area (TPSA) is 79.8 Å². The molecule has 1 amide bonds. The number of aromatic nitrogens is 2. The van der Waals surface area contributed by atoms with Crippen molar-refractivity contribution in [3.63, 3.8) is 0 Å². The van der Waals surface area contributed by atoms with Crippen LogP contribution in [0.5, 0.6) is 11.5 Å². The first-order valence-electron chi connectivity index (χ1n) is 12.6. The molecule has 1 N–H and O–H groups in total. The Morgan fingerprint density at radius 3 is 2.53 bits per heavy atom. The molecule has 36 heavy (non-hydrogen) atoms. The van der Waals surface area contributed by atoms with E-state index in [0.29, 0.717) is 40.1 Å². The van der Waals surface area contributed by atoms with Gasteiger partial charge in [-0.25, -0.2) is 0 Å². The van der Waals surface area contributed by atoms with Crippen molar-refractivity contribution in [3.05, 3.63) is 56.6 Å². The van der Waals surface area contributed by atoms with Gasteiger partial charge in [-0.15, -0.1) is 0 Å². The Labute approximate surface area is 215 Å². The highest BCUT2D eigenvalue weighted by molar-refractivity contribution is 7.71. The molecular weight excluding hydrogens is 476 g/mol. The van der Waals surface area contributed by atoms with Gasteiger partial charge in [-0.2, -0.15) is 0 Å². The summed E-state index contributed by atoms with van der Waals surface area (Å²) in [5.74, 6) is 1.40. The van der Waals surface area contributed by atoms with Crippen molar-refractivity contribution < 1.29 is 14.3 Å². The van der Waals surface area contributed by atoms with Gasteiger partial charge >= 0.3 is 0 Å². The number of aryl methyl sites for hydroxylation is 2. The summed E-state index contributed by atoms with van der Waals surface area (Å²) in [4.78, 5) is 33.3. The van der Waals surface area contributed by atoms with E-state index in [1.807, 2.05) is 4.90 Å². The zero-order chi connectivity index (χ0) is 25.2. The minimum Gasteiger partial charge on any atom is -0.454 e. The summed E-state index contributed by atoms with van der Waals surface area (Å²) < 4.78 is 12.8. The lowest BCUT2D eigenvalue weighted by atomic mass is 10.1. The second-order valence-electron chi connectivity index (χ2n) is 9.61. The number of fused-ring (bicyclic) bond motifs is 2. The molecule has 0 unspecified atom stereocenters. The Balaban J connectivity index is 1.10. The Morgan fingerprint density at radius 1 is 1.00 bits per heavy atom. The molecule has 0 atom stereocenters. The van der Waals surface area contributed by atoms with E-state index in [9.17, 15) is 9.59 Å². The van der Waals surface area contributed by atoms with Gasteiger partial charge in [0.2, 0.25) is 12.7 Å². The van der Waals surface area contributed by atoms with E-state index in [-0.39, 0.29) is 18.3 Å². The van der Waals surface area contributed by atoms with Crippen LogP contribution in [0.3, 0.4) is 0 Å². The van der Waals surface area contributed by atoms with Crippen LogP contribution in [0.15, 0.2) is 35.1 Å². The first-order valence-corrected chi connectivity index (χ1v) is 13.0. The molecule has 2 aromatic carbocycles. The highest BCUT2D eigenvalue weighted by Gasteiger charge is 2.22. The molecule has 9 heteroatoms. The van der Waals surface area contributed by atoms with Gasteiger partial charge in [0.1, 0.15) is 0 Å². The second kappa shape index (κ2) is 10.3. The van der Waals surface area contributed by atoms with Crippen LogP contribution in [0.2, 0.25) is 0 Å². The maximum Gasteiger partial charge on any atom is 0.262 e. The largest absolute Gasteiger partial charge is 0.454 e. The number of nitrogens with zero attached hydrogens (tertiary/aromatic N) is 3. The summed E-state index contributed by atoms with van der Waals surface area (Å²) in [5.41, 5.74) is 4.32. The van der Waals surface area contributed by atoms with Gasteiger partial charge < -0.3 is 24.3 Å². The Bertz CT molecular complexity index is 1410. The van der Waals surface area contributed by atoms with Gasteiger partial charge in [-0.3, -0.25) is 14.2 Å². The summed E-state index contributed by atoms with van der Waals surface area (Å²) >= 11 is 5.43. The maximum absolute atomic E-state index is 13.0. The quantitative estimate of drug-likeness (QED) is 0.378. The molecule has 3 heterocycles. The lowest BCUT2D eigenvalue weighted by Crippen LogP contribution is -2.49. The van der Waals surface area contributed by atoms with Crippen LogP contribution >= 0.6 is 12.2 Å². The van der Waals surface area contributed by atoms with Crippen LogP contribution < -0.4 is 19.9 Å². The van der Waals surface area contributed by atoms with Gasteiger partial charge in [0, 0.05) is 50.9 Å². The minimum atomic E-state index is -0.134. The van der Waals surface area contributed by atoms with Gasteiger partial charge in [0.05, 0.1) is 10.9 Å². The van der Waals surface area contributed by atoms with Crippen molar-refractivity contribution in [2.75, 3.05) is 37.9 Å². The lowest BCUT2D eigenvalue weighted by Gasteiger charge is -2.37.